The number of nitrogens with one attached hydrogen (secondary N) is 1. The Morgan fingerprint density at radius 3 is 2.75 bits per heavy atom. The fraction of sp³-hybridized carbons (Fsp3) is 0.381. The van der Waals surface area contributed by atoms with Gasteiger partial charge in [0.15, 0.2) is 0 Å². The Kier molecular flexibility index (Phi) is 5.52. The van der Waals surface area contributed by atoms with Crippen molar-refractivity contribution in [2.45, 2.75) is 32.6 Å². The van der Waals surface area contributed by atoms with Crippen LogP contribution in [0.4, 0.5) is 5.69 Å². The number of rotatable bonds is 6. The maximum Gasteiger partial charge on any atom is 0.224 e. The summed E-state index contributed by atoms with van der Waals surface area (Å²) in [7, 11) is 0. The highest BCUT2D eigenvalue weighted by molar-refractivity contribution is 5.78. The van der Waals surface area contributed by atoms with Crippen LogP contribution >= 0.6 is 0 Å². The first-order valence-electron chi connectivity index (χ1n) is 8.87. The van der Waals surface area contributed by atoms with Gasteiger partial charge in [0, 0.05) is 25.3 Å². The van der Waals surface area contributed by atoms with E-state index in [4.69, 9.17) is 0 Å². The smallest absolute Gasteiger partial charge is 0.224 e. The average Bonchev–Trinajstić information content (AvgIpc) is 2.61. The molecular formula is C21H26N2O. The normalized spacial score (nSPS) is 13.5. The van der Waals surface area contributed by atoms with E-state index < -0.39 is 0 Å². The molecule has 2 aromatic carbocycles. The van der Waals surface area contributed by atoms with Crippen LogP contribution in [0, 0.1) is 6.92 Å². The summed E-state index contributed by atoms with van der Waals surface area (Å²) in [5.74, 6) is 0.109. The van der Waals surface area contributed by atoms with Crippen LogP contribution < -0.4 is 10.2 Å². The fourth-order valence-corrected chi connectivity index (χ4v) is 3.30. The Labute approximate surface area is 144 Å². The second-order valence-corrected chi connectivity index (χ2v) is 6.59. The summed E-state index contributed by atoms with van der Waals surface area (Å²) >= 11 is 0. The van der Waals surface area contributed by atoms with Crippen molar-refractivity contribution in [3.63, 3.8) is 0 Å². The van der Waals surface area contributed by atoms with Gasteiger partial charge in [-0.05, 0) is 43.4 Å². The first-order chi connectivity index (χ1) is 11.7. The van der Waals surface area contributed by atoms with Crippen LogP contribution in [0.3, 0.4) is 0 Å². The molecule has 1 heterocycles. The molecule has 126 valence electrons. The summed E-state index contributed by atoms with van der Waals surface area (Å²) < 4.78 is 0. The Morgan fingerprint density at radius 2 is 1.92 bits per heavy atom. The third kappa shape index (κ3) is 4.38. The predicted molar refractivity (Wildman–Crippen MR) is 99.5 cm³/mol. The molecule has 1 N–H and O–H groups in total. The molecule has 24 heavy (non-hydrogen) atoms. The Balaban J connectivity index is 1.41. The van der Waals surface area contributed by atoms with E-state index in [2.05, 4.69) is 53.5 Å². The molecule has 2 aromatic rings. The van der Waals surface area contributed by atoms with Gasteiger partial charge >= 0.3 is 0 Å². The molecule has 0 spiro atoms. The van der Waals surface area contributed by atoms with Crippen LogP contribution in [-0.2, 0) is 17.6 Å². The highest BCUT2D eigenvalue weighted by atomic mass is 16.1. The summed E-state index contributed by atoms with van der Waals surface area (Å²) in [6.07, 6.45) is 3.84. The lowest BCUT2D eigenvalue weighted by atomic mass is 10.0. The molecule has 0 unspecified atom stereocenters. The number of para-hydroxylation sites is 1. The molecular weight excluding hydrogens is 296 g/mol. The highest BCUT2D eigenvalue weighted by Gasteiger charge is 2.15. The van der Waals surface area contributed by atoms with E-state index in [9.17, 15) is 4.79 Å². The first kappa shape index (κ1) is 16.6. The molecule has 0 atom stereocenters. The van der Waals surface area contributed by atoms with Gasteiger partial charge in [0.2, 0.25) is 5.91 Å². The molecule has 0 aromatic heterocycles. The number of anilines is 1. The lowest BCUT2D eigenvalue weighted by molar-refractivity contribution is -0.120. The molecule has 3 rings (SSSR count). The predicted octanol–water partition coefficient (Wildman–Crippen LogP) is 3.50. The van der Waals surface area contributed by atoms with Gasteiger partial charge in [0.05, 0.1) is 6.42 Å². The molecule has 0 fully saturated rings. The third-order valence-electron chi connectivity index (χ3n) is 4.62. The van der Waals surface area contributed by atoms with Crippen molar-refractivity contribution in [1.82, 2.24) is 5.32 Å². The van der Waals surface area contributed by atoms with Crippen LogP contribution in [0.5, 0.6) is 0 Å². The number of amides is 1. The van der Waals surface area contributed by atoms with Crippen molar-refractivity contribution in [3.8, 4) is 0 Å². The topological polar surface area (TPSA) is 32.3 Å². The van der Waals surface area contributed by atoms with Crippen molar-refractivity contribution in [2.24, 2.45) is 0 Å². The number of carbonyl (C=O) groups excluding carboxylic acids is 1. The maximum absolute atomic E-state index is 12.0. The molecule has 0 saturated heterocycles. The van der Waals surface area contributed by atoms with Crippen molar-refractivity contribution in [2.75, 3.05) is 24.5 Å². The van der Waals surface area contributed by atoms with Gasteiger partial charge in [0.25, 0.3) is 0 Å². The second-order valence-electron chi connectivity index (χ2n) is 6.59. The van der Waals surface area contributed by atoms with Crippen LogP contribution in [-0.4, -0.2) is 25.5 Å². The second kappa shape index (κ2) is 8.00. The zero-order valence-electron chi connectivity index (χ0n) is 14.4. The standard InChI is InChI=1S/C21H26N2O/c1-17-9-11-18(12-10-17)16-21(24)22-13-5-15-23-14-4-7-19-6-2-3-8-20(19)23/h2-3,6,8-12H,4-5,7,13-16H2,1H3,(H,22,24). The molecule has 1 aliphatic rings. The molecule has 0 aliphatic carbocycles. The number of benzene rings is 2. The molecule has 1 aliphatic heterocycles. The molecule has 1 amide bonds. The Bertz CT molecular complexity index is 678. The zero-order chi connectivity index (χ0) is 16.8. The van der Waals surface area contributed by atoms with Gasteiger partial charge in [-0.25, -0.2) is 0 Å². The summed E-state index contributed by atoms with van der Waals surface area (Å²) in [6, 6.07) is 16.8. The van der Waals surface area contributed by atoms with Gasteiger partial charge < -0.3 is 10.2 Å². The number of hydrogen-bond acceptors (Lipinski definition) is 2. The van der Waals surface area contributed by atoms with Gasteiger partial charge in [-0.15, -0.1) is 0 Å². The minimum absolute atomic E-state index is 0.109. The van der Waals surface area contributed by atoms with E-state index in [1.807, 2.05) is 12.1 Å². The number of fused-ring (bicyclic) bond motifs is 1. The van der Waals surface area contributed by atoms with E-state index in [-0.39, 0.29) is 5.91 Å². The third-order valence-corrected chi connectivity index (χ3v) is 4.62. The van der Waals surface area contributed by atoms with Crippen molar-refractivity contribution in [1.29, 1.82) is 0 Å². The average molecular weight is 322 g/mol. The van der Waals surface area contributed by atoms with Gasteiger partial charge in [-0.1, -0.05) is 48.0 Å². The summed E-state index contributed by atoms with van der Waals surface area (Å²) in [6.45, 7) is 4.92. The SMILES string of the molecule is Cc1ccc(CC(=O)NCCCN2CCCc3ccccc32)cc1. The lowest BCUT2D eigenvalue weighted by Crippen LogP contribution is -2.33. The van der Waals surface area contributed by atoms with Gasteiger partial charge in [-0.2, -0.15) is 0 Å². The van der Waals surface area contributed by atoms with Crippen molar-refractivity contribution >= 4 is 11.6 Å². The number of hydrogen-bond donors (Lipinski definition) is 1. The van der Waals surface area contributed by atoms with Crippen LogP contribution in [0.1, 0.15) is 29.5 Å². The monoisotopic (exact) mass is 322 g/mol. The quantitative estimate of drug-likeness (QED) is 0.826. The van der Waals surface area contributed by atoms with Crippen LogP contribution in [0.25, 0.3) is 0 Å². The van der Waals surface area contributed by atoms with Crippen molar-refractivity contribution in [3.05, 3.63) is 65.2 Å². The summed E-state index contributed by atoms with van der Waals surface area (Å²) in [5, 5.41) is 3.04. The van der Waals surface area contributed by atoms with Gasteiger partial charge in [0.1, 0.15) is 0 Å². The summed E-state index contributed by atoms with van der Waals surface area (Å²) in [5.41, 5.74) is 5.12. The highest BCUT2D eigenvalue weighted by Crippen LogP contribution is 2.26. The minimum Gasteiger partial charge on any atom is -0.371 e. The Hall–Kier alpha value is -2.29. The first-order valence-corrected chi connectivity index (χ1v) is 8.87. The Morgan fingerprint density at radius 1 is 1.12 bits per heavy atom. The van der Waals surface area contributed by atoms with E-state index in [0.717, 1.165) is 31.6 Å². The molecule has 0 radical (unpaired) electrons. The van der Waals surface area contributed by atoms with E-state index in [1.165, 1.54) is 29.7 Å². The molecule has 3 heteroatoms. The van der Waals surface area contributed by atoms with Crippen molar-refractivity contribution < 1.29 is 4.79 Å². The number of carbonyl (C=O) groups is 1. The molecule has 0 bridgehead atoms. The van der Waals surface area contributed by atoms with Crippen LogP contribution in [0.15, 0.2) is 48.5 Å². The fourth-order valence-electron chi connectivity index (χ4n) is 3.30. The zero-order valence-corrected chi connectivity index (χ0v) is 14.4. The molecule has 3 nitrogen and oxygen atoms in total. The molecule has 0 saturated carbocycles. The number of nitrogens with zero attached hydrogens (tertiary/aromatic N) is 1. The van der Waals surface area contributed by atoms with Crippen LogP contribution in [0.2, 0.25) is 0 Å². The summed E-state index contributed by atoms with van der Waals surface area (Å²) in [4.78, 5) is 14.5. The minimum atomic E-state index is 0.109. The van der Waals surface area contributed by atoms with E-state index in [0.29, 0.717) is 6.42 Å². The maximum atomic E-state index is 12.0. The number of aryl methyl sites for hydroxylation is 2. The van der Waals surface area contributed by atoms with Gasteiger partial charge in [-0.3, -0.25) is 4.79 Å². The lowest BCUT2D eigenvalue weighted by Gasteiger charge is -2.31. The van der Waals surface area contributed by atoms with E-state index >= 15 is 0 Å². The largest absolute Gasteiger partial charge is 0.371 e. The van der Waals surface area contributed by atoms with E-state index in [1.54, 1.807) is 0 Å².